The summed E-state index contributed by atoms with van der Waals surface area (Å²) in [5.74, 6) is 0.580. The highest BCUT2D eigenvalue weighted by molar-refractivity contribution is 7.91. The highest BCUT2D eigenvalue weighted by Gasteiger charge is 2.28. The van der Waals surface area contributed by atoms with Gasteiger partial charge in [0.2, 0.25) is 5.88 Å². The molecule has 0 radical (unpaired) electrons. The summed E-state index contributed by atoms with van der Waals surface area (Å²) in [6.45, 7) is 0. The molecule has 2 rings (SSSR count). The maximum atomic E-state index is 11.7. The van der Waals surface area contributed by atoms with E-state index in [1.165, 1.54) is 13.3 Å². The first-order chi connectivity index (χ1) is 8.98. The zero-order chi connectivity index (χ0) is 13.9. The highest BCUT2D eigenvalue weighted by Crippen LogP contribution is 2.13. The van der Waals surface area contributed by atoms with Gasteiger partial charge in [-0.1, -0.05) is 0 Å². The van der Waals surface area contributed by atoms with E-state index in [9.17, 15) is 13.2 Å². The molecule has 1 aliphatic rings. The maximum Gasteiger partial charge on any atom is 0.319 e. The van der Waals surface area contributed by atoms with E-state index in [0.29, 0.717) is 18.0 Å². The van der Waals surface area contributed by atoms with Crippen LogP contribution in [0.3, 0.4) is 0 Å². The van der Waals surface area contributed by atoms with Gasteiger partial charge in [0.15, 0.2) is 9.84 Å². The summed E-state index contributed by atoms with van der Waals surface area (Å²) in [6.07, 6.45) is 1.92. The Morgan fingerprint density at radius 3 is 2.79 bits per heavy atom. The fourth-order valence-electron chi connectivity index (χ4n) is 1.84. The van der Waals surface area contributed by atoms with Gasteiger partial charge >= 0.3 is 6.03 Å². The van der Waals surface area contributed by atoms with Crippen molar-refractivity contribution >= 4 is 21.6 Å². The Bertz CT molecular complexity index is 556. The third-order valence-electron chi connectivity index (χ3n) is 2.77. The van der Waals surface area contributed by atoms with Crippen molar-refractivity contribution in [1.29, 1.82) is 0 Å². The molecular weight excluding hydrogens is 270 g/mol. The topological polar surface area (TPSA) is 97.4 Å². The molecule has 2 heterocycles. The van der Waals surface area contributed by atoms with Crippen LogP contribution in [-0.4, -0.2) is 44.1 Å². The Kier molecular flexibility index (Phi) is 3.89. The molecule has 7 nitrogen and oxygen atoms in total. The minimum absolute atomic E-state index is 0.00127. The SMILES string of the molecule is COc1ccc(NC(=O)N[C@@H]2CCS(=O)(=O)C2)cn1. The van der Waals surface area contributed by atoms with Crippen LogP contribution >= 0.6 is 0 Å². The number of rotatable bonds is 3. The Morgan fingerprint density at radius 2 is 2.26 bits per heavy atom. The highest BCUT2D eigenvalue weighted by atomic mass is 32.2. The number of urea groups is 1. The van der Waals surface area contributed by atoms with E-state index in [0.717, 1.165) is 0 Å². The number of carbonyl (C=O) groups excluding carboxylic acids is 1. The van der Waals surface area contributed by atoms with Gasteiger partial charge in [0, 0.05) is 12.1 Å². The van der Waals surface area contributed by atoms with Crippen molar-refractivity contribution in [3.05, 3.63) is 18.3 Å². The molecule has 0 bridgehead atoms. The van der Waals surface area contributed by atoms with Crippen molar-refractivity contribution in [2.24, 2.45) is 0 Å². The number of sulfone groups is 1. The van der Waals surface area contributed by atoms with Gasteiger partial charge in [0.25, 0.3) is 0 Å². The van der Waals surface area contributed by atoms with Crippen molar-refractivity contribution in [3.63, 3.8) is 0 Å². The summed E-state index contributed by atoms with van der Waals surface area (Å²) >= 11 is 0. The van der Waals surface area contributed by atoms with E-state index in [2.05, 4.69) is 15.6 Å². The third kappa shape index (κ3) is 3.82. The van der Waals surface area contributed by atoms with Crippen LogP contribution in [0, 0.1) is 0 Å². The number of carbonyl (C=O) groups is 1. The van der Waals surface area contributed by atoms with Gasteiger partial charge in [-0.15, -0.1) is 0 Å². The molecule has 1 fully saturated rings. The van der Waals surface area contributed by atoms with Crippen LogP contribution in [0.5, 0.6) is 5.88 Å². The van der Waals surface area contributed by atoms with Crippen LogP contribution in [0.25, 0.3) is 0 Å². The molecule has 0 saturated carbocycles. The lowest BCUT2D eigenvalue weighted by molar-refractivity contribution is 0.249. The van der Waals surface area contributed by atoms with Gasteiger partial charge in [-0.25, -0.2) is 18.2 Å². The quantitative estimate of drug-likeness (QED) is 0.837. The minimum atomic E-state index is -2.99. The first kappa shape index (κ1) is 13.6. The summed E-state index contributed by atoms with van der Waals surface area (Å²) in [5.41, 5.74) is 0.513. The predicted octanol–water partition coefficient (Wildman–Crippen LogP) is 0.399. The number of hydrogen-bond donors (Lipinski definition) is 2. The lowest BCUT2D eigenvalue weighted by Crippen LogP contribution is -2.38. The Balaban J connectivity index is 1.87. The molecule has 1 aliphatic heterocycles. The second kappa shape index (κ2) is 5.43. The first-order valence-corrected chi connectivity index (χ1v) is 7.58. The molecular formula is C11H15N3O4S. The molecule has 0 aliphatic carbocycles. The number of ether oxygens (including phenoxy) is 1. The second-order valence-electron chi connectivity index (χ2n) is 4.29. The average molecular weight is 285 g/mol. The van der Waals surface area contributed by atoms with Crippen LogP contribution in [0.2, 0.25) is 0 Å². The lowest BCUT2D eigenvalue weighted by Gasteiger charge is -2.11. The molecule has 0 spiro atoms. The molecule has 1 atom stereocenters. The Labute approximate surface area is 111 Å². The molecule has 1 aromatic rings. The molecule has 19 heavy (non-hydrogen) atoms. The van der Waals surface area contributed by atoms with E-state index < -0.39 is 15.9 Å². The van der Waals surface area contributed by atoms with Crippen LogP contribution in [-0.2, 0) is 9.84 Å². The van der Waals surface area contributed by atoms with Gasteiger partial charge < -0.3 is 15.4 Å². The van der Waals surface area contributed by atoms with Gasteiger partial charge in [0.1, 0.15) is 0 Å². The third-order valence-corrected chi connectivity index (χ3v) is 4.54. The van der Waals surface area contributed by atoms with Crippen molar-refractivity contribution < 1.29 is 17.9 Å². The summed E-state index contributed by atoms with van der Waals surface area (Å²) in [7, 11) is -1.49. The summed E-state index contributed by atoms with van der Waals surface area (Å²) in [5, 5.41) is 5.21. The molecule has 0 aromatic carbocycles. The van der Waals surface area contributed by atoms with Gasteiger partial charge in [-0.2, -0.15) is 0 Å². The molecule has 2 amide bonds. The summed E-state index contributed by atoms with van der Waals surface area (Å²) in [4.78, 5) is 15.6. The molecule has 1 saturated heterocycles. The zero-order valence-corrected chi connectivity index (χ0v) is 11.2. The number of amides is 2. The van der Waals surface area contributed by atoms with Crippen LogP contribution < -0.4 is 15.4 Å². The minimum Gasteiger partial charge on any atom is -0.481 e. The van der Waals surface area contributed by atoms with Crippen LogP contribution in [0.15, 0.2) is 18.3 Å². The number of aromatic nitrogens is 1. The van der Waals surface area contributed by atoms with Crippen molar-refractivity contribution in [2.75, 3.05) is 23.9 Å². The van der Waals surface area contributed by atoms with E-state index >= 15 is 0 Å². The Hall–Kier alpha value is -1.83. The molecule has 2 N–H and O–H groups in total. The second-order valence-corrected chi connectivity index (χ2v) is 6.52. The van der Waals surface area contributed by atoms with E-state index in [-0.39, 0.29) is 17.5 Å². The molecule has 1 aromatic heterocycles. The average Bonchev–Trinajstić information content (AvgIpc) is 2.69. The zero-order valence-electron chi connectivity index (χ0n) is 10.4. The first-order valence-electron chi connectivity index (χ1n) is 5.76. The monoisotopic (exact) mass is 285 g/mol. The normalized spacial score (nSPS) is 20.8. The van der Waals surface area contributed by atoms with E-state index in [4.69, 9.17) is 4.74 Å². The van der Waals surface area contributed by atoms with E-state index in [1.54, 1.807) is 12.1 Å². The summed E-state index contributed by atoms with van der Waals surface area (Å²) < 4.78 is 27.4. The van der Waals surface area contributed by atoms with Crippen LogP contribution in [0.4, 0.5) is 10.5 Å². The number of nitrogens with zero attached hydrogens (tertiary/aromatic N) is 1. The predicted molar refractivity (Wildman–Crippen MR) is 70.0 cm³/mol. The van der Waals surface area contributed by atoms with Crippen LogP contribution in [0.1, 0.15) is 6.42 Å². The molecule has 8 heteroatoms. The van der Waals surface area contributed by atoms with E-state index in [1.807, 2.05) is 0 Å². The van der Waals surface area contributed by atoms with Crippen molar-refractivity contribution in [1.82, 2.24) is 10.3 Å². The van der Waals surface area contributed by atoms with Gasteiger partial charge in [-0.3, -0.25) is 0 Å². The smallest absolute Gasteiger partial charge is 0.319 e. The fourth-order valence-corrected chi connectivity index (χ4v) is 3.51. The number of nitrogens with one attached hydrogen (secondary N) is 2. The number of hydrogen-bond acceptors (Lipinski definition) is 5. The maximum absolute atomic E-state index is 11.7. The lowest BCUT2D eigenvalue weighted by atomic mass is 10.3. The fraction of sp³-hybridized carbons (Fsp3) is 0.455. The van der Waals surface area contributed by atoms with Gasteiger partial charge in [0.05, 0.1) is 30.5 Å². The summed E-state index contributed by atoms with van der Waals surface area (Å²) in [6, 6.07) is 2.51. The standard InChI is InChI=1S/C11H15N3O4S/c1-18-10-3-2-8(6-12-10)13-11(15)14-9-4-5-19(16,17)7-9/h2-3,6,9H,4-5,7H2,1H3,(H2,13,14,15)/t9-/m1/s1. The van der Waals surface area contributed by atoms with Gasteiger partial charge in [-0.05, 0) is 12.5 Å². The number of pyridine rings is 1. The Morgan fingerprint density at radius 1 is 1.47 bits per heavy atom. The molecule has 104 valence electrons. The largest absolute Gasteiger partial charge is 0.481 e. The van der Waals surface area contributed by atoms with Crippen molar-refractivity contribution in [3.8, 4) is 5.88 Å². The number of anilines is 1. The number of methoxy groups -OCH3 is 1. The van der Waals surface area contributed by atoms with Crippen molar-refractivity contribution in [2.45, 2.75) is 12.5 Å². The molecule has 0 unspecified atom stereocenters.